The third kappa shape index (κ3) is 3.10. The molecule has 0 radical (unpaired) electrons. The van der Waals surface area contributed by atoms with Crippen molar-refractivity contribution in [1.82, 2.24) is 34.4 Å². The molecule has 1 N–H and O–H groups in total. The van der Waals surface area contributed by atoms with Gasteiger partial charge in [-0.25, -0.2) is 19.9 Å². The Hall–Kier alpha value is -3.36. The molecular formula is C17H18N8O. The van der Waals surface area contributed by atoms with Crippen LogP contribution in [0.1, 0.15) is 35.2 Å². The molecule has 0 bridgehead atoms. The van der Waals surface area contributed by atoms with Gasteiger partial charge in [0.2, 0.25) is 5.95 Å². The van der Waals surface area contributed by atoms with Crippen molar-refractivity contribution in [3.05, 3.63) is 54.8 Å². The van der Waals surface area contributed by atoms with E-state index >= 15 is 0 Å². The van der Waals surface area contributed by atoms with Crippen molar-refractivity contribution in [3.8, 4) is 0 Å². The summed E-state index contributed by atoms with van der Waals surface area (Å²) in [5.41, 5.74) is 0.798. The maximum absolute atomic E-state index is 12.9. The van der Waals surface area contributed by atoms with Crippen LogP contribution in [0.3, 0.4) is 0 Å². The van der Waals surface area contributed by atoms with Crippen LogP contribution in [0.2, 0.25) is 0 Å². The summed E-state index contributed by atoms with van der Waals surface area (Å²) in [4.78, 5) is 35.8. The Kier molecular flexibility index (Phi) is 4.26. The molecule has 0 aromatic carbocycles. The number of aromatic nitrogens is 6. The summed E-state index contributed by atoms with van der Waals surface area (Å²) in [6.07, 6.45) is 11.7. The summed E-state index contributed by atoms with van der Waals surface area (Å²) in [7, 11) is 1.82. The zero-order valence-corrected chi connectivity index (χ0v) is 14.3. The highest BCUT2D eigenvalue weighted by Gasteiger charge is 2.33. The van der Waals surface area contributed by atoms with Gasteiger partial charge in [-0.1, -0.05) is 0 Å². The average Bonchev–Trinajstić information content (AvgIpc) is 3.31. The predicted molar refractivity (Wildman–Crippen MR) is 93.6 cm³/mol. The number of aryl methyl sites for hydroxylation is 1. The quantitative estimate of drug-likeness (QED) is 0.764. The highest BCUT2D eigenvalue weighted by Crippen LogP contribution is 2.32. The normalized spacial score (nSPS) is 16.7. The number of hydrogen-bond donors (Lipinski definition) is 1. The lowest BCUT2D eigenvalue weighted by atomic mass is 10.1. The molecule has 132 valence electrons. The second-order valence-electron chi connectivity index (χ2n) is 6.04. The van der Waals surface area contributed by atoms with Gasteiger partial charge >= 0.3 is 0 Å². The van der Waals surface area contributed by atoms with E-state index in [1.165, 1.54) is 0 Å². The minimum absolute atomic E-state index is 0.0814. The summed E-state index contributed by atoms with van der Waals surface area (Å²) < 4.78 is 1.73. The summed E-state index contributed by atoms with van der Waals surface area (Å²) in [6.45, 7) is 0.688. The van der Waals surface area contributed by atoms with Crippen molar-refractivity contribution in [2.75, 3.05) is 11.9 Å². The Morgan fingerprint density at radius 2 is 2.12 bits per heavy atom. The van der Waals surface area contributed by atoms with Crippen molar-refractivity contribution in [2.45, 2.75) is 18.9 Å². The minimum Gasteiger partial charge on any atom is -0.330 e. The molecule has 1 atom stereocenters. The molecule has 3 aromatic rings. The van der Waals surface area contributed by atoms with E-state index in [0.29, 0.717) is 24.1 Å². The first-order valence-corrected chi connectivity index (χ1v) is 8.36. The lowest BCUT2D eigenvalue weighted by Crippen LogP contribution is -2.32. The smallest absolute Gasteiger partial charge is 0.290 e. The van der Waals surface area contributed by atoms with Crippen LogP contribution in [0.4, 0.5) is 11.8 Å². The molecule has 26 heavy (non-hydrogen) atoms. The summed E-state index contributed by atoms with van der Waals surface area (Å²) in [5, 5.41) is 3.03. The standard InChI is InChI=1S/C17H18N8O/c1-24-10-8-20-15(24)16(26)25-9-2-3-13(25)12-4-5-21-17(22-12)23-14-11-18-6-7-19-14/h4-8,10-11,13H,2-3,9H2,1H3,(H,19,21,22,23)/t13-/m0/s1. The molecule has 1 aliphatic rings. The van der Waals surface area contributed by atoms with Crippen molar-refractivity contribution >= 4 is 17.7 Å². The number of amides is 1. The predicted octanol–water partition coefficient (Wildman–Crippen LogP) is 1.72. The Labute approximate surface area is 150 Å². The molecule has 9 nitrogen and oxygen atoms in total. The van der Waals surface area contributed by atoms with E-state index in [-0.39, 0.29) is 11.9 Å². The van der Waals surface area contributed by atoms with Crippen LogP contribution >= 0.6 is 0 Å². The maximum atomic E-state index is 12.9. The molecule has 1 fully saturated rings. The van der Waals surface area contributed by atoms with Crippen LogP contribution in [-0.2, 0) is 7.05 Å². The van der Waals surface area contributed by atoms with Gasteiger partial charge in [0.25, 0.3) is 5.91 Å². The zero-order chi connectivity index (χ0) is 17.9. The van der Waals surface area contributed by atoms with Crippen molar-refractivity contribution < 1.29 is 4.79 Å². The lowest BCUT2D eigenvalue weighted by Gasteiger charge is -2.24. The summed E-state index contributed by atoms with van der Waals surface area (Å²) >= 11 is 0. The number of anilines is 2. The van der Waals surface area contributed by atoms with Gasteiger partial charge in [-0.3, -0.25) is 9.78 Å². The fourth-order valence-electron chi connectivity index (χ4n) is 3.11. The van der Waals surface area contributed by atoms with Crippen LogP contribution in [0.25, 0.3) is 0 Å². The van der Waals surface area contributed by atoms with Crippen LogP contribution in [0, 0.1) is 0 Å². The molecule has 4 rings (SSSR count). The van der Waals surface area contributed by atoms with Crippen LogP contribution < -0.4 is 5.32 Å². The monoisotopic (exact) mass is 350 g/mol. The van der Waals surface area contributed by atoms with Crippen LogP contribution in [-0.4, -0.2) is 46.8 Å². The fraction of sp³-hybridized carbons (Fsp3) is 0.294. The van der Waals surface area contributed by atoms with Gasteiger partial charge in [-0.05, 0) is 18.9 Å². The number of hydrogen-bond acceptors (Lipinski definition) is 7. The topological polar surface area (TPSA) is 102 Å². The van der Waals surface area contributed by atoms with Crippen molar-refractivity contribution in [2.24, 2.45) is 7.05 Å². The average molecular weight is 350 g/mol. The fourth-order valence-corrected chi connectivity index (χ4v) is 3.11. The first kappa shape index (κ1) is 16.1. The zero-order valence-electron chi connectivity index (χ0n) is 14.3. The Bertz CT molecular complexity index is 910. The molecule has 9 heteroatoms. The first-order chi connectivity index (χ1) is 12.7. The number of rotatable bonds is 4. The van der Waals surface area contributed by atoms with Gasteiger partial charge in [0.15, 0.2) is 11.6 Å². The van der Waals surface area contributed by atoms with Crippen molar-refractivity contribution in [3.63, 3.8) is 0 Å². The number of carbonyl (C=O) groups is 1. The molecule has 0 aliphatic carbocycles. The van der Waals surface area contributed by atoms with E-state index < -0.39 is 0 Å². The maximum Gasteiger partial charge on any atom is 0.290 e. The van der Waals surface area contributed by atoms with Crippen LogP contribution in [0.5, 0.6) is 0 Å². The molecule has 1 saturated heterocycles. The second kappa shape index (κ2) is 6.87. The number of carbonyl (C=O) groups excluding carboxylic acids is 1. The summed E-state index contributed by atoms with van der Waals surface area (Å²) in [6, 6.07) is 1.75. The molecule has 1 amide bonds. The molecule has 0 saturated carbocycles. The number of likely N-dealkylation sites (tertiary alicyclic amines) is 1. The van der Waals surface area contributed by atoms with E-state index in [1.807, 2.05) is 18.0 Å². The van der Waals surface area contributed by atoms with Gasteiger partial charge < -0.3 is 14.8 Å². The molecule has 0 spiro atoms. The number of nitrogens with zero attached hydrogens (tertiary/aromatic N) is 7. The van der Waals surface area contributed by atoms with Gasteiger partial charge in [-0.15, -0.1) is 0 Å². The van der Waals surface area contributed by atoms with E-state index in [0.717, 1.165) is 18.5 Å². The van der Waals surface area contributed by atoms with E-state index in [1.54, 1.807) is 41.7 Å². The van der Waals surface area contributed by atoms with Gasteiger partial charge in [-0.2, -0.15) is 0 Å². The highest BCUT2D eigenvalue weighted by atomic mass is 16.2. The molecular weight excluding hydrogens is 332 g/mol. The van der Waals surface area contributed by atoms with E-state index in [4.69, 9.17) is 0 Å². The Morgan fingerprint density at radius 3 is 2.88 bits per heavy atom. The first-order valence-electron chi connectivity index (χ1n) is 8.36. The highest BCUT2D eigenvalue weighted by molar-refractivity contribution is 5.91. The van der Waals surface area contributed by atoms with Gasteiger partial charge in [0.1, 0.15) is 0 Å². The SMILES string of the molecule is Cn1ccnc1C(=O)N1CCC[C@H]1c1ccnc(Nc2cnccn2)n1. The van der Waals surface area contributed by atoms with Crippen LogP contribution in [0.15, 0.2) is 43.2 Å². The third-order valence-electron chi connectivity index (χ3n) is 4.35. The molecule has 1 aliphatic heterocycles. The van der Waals surface area contributed by atoms with E-state index in [9.17, 15) is 4.79 Å². The van der Waals surface area contributed by atoms with Crippen molar-refractivity contribution in [1.29, 1.82) is 0 Å². The second-order valence-corrected chi connectivity index (χ2v) is 6.04. The molecule has 3 aromatic heterocycles. The number of imidazole rings is 1. The van der Waals surface area contributed by atoms with Gasteiger partial charge in [0.05, 0.1) is 17.9 Å². The summed E-state index contributed by atoms with van der Waals surface area (Å²) in [5.74, 6) is 1.35. The minimum atomic E-state index is -0.0930. The lowest BCUT2D eigenvalue weighted by molar-refractivity contribution is 0.0717. The molecule has 4 heterocycles. The largest absolute Gasteiger partial charge is 0.330 e. The number of nitrogens with one attached hydrogen (secondary N) is 1. The van der Waals surface area contributed by atoms with Gasteiger partial charge in [0, 0.05) is 44.6 Å². The Morgan fingerprint density at radius 1 is 1.19 bits per heavy atom. The Balaban J connectivity index is 1.57. The van der Waals surface area contributed by atoms with E-state index in [2.05, 4.69) is 30.2 Å². The molecule has 0 unspecified atom stereocenters. The third-order valence-corrected chi connectivity index (χ3v) is 4.35.